The van der Waals surface area contributed by atoms with E-state index >= 15 is 0 Å². The molecular formula is C20H20N4O3. The number of aromatic nitrogens is 2. The van der Waals surface area contributed by atoms with Crippen LogP contribution in [-0.2, 0) is 6.54 Å². The summed E-state index contributed by atoms with van der Waals surface area (Å²) in [7, 11) is 1.63. The number of aryl methyl sites for hydroxylation is 1. The summed E-state index contributed by atoms with van der Waals surface area (Å²) in [4.78, 5) is 25.1. The van der Waals surface area contributed by atoms with Gasteiger partial charge >= 0.3 is 0 Å². The van der Waals surface area contributed by atoms with Gasteiger partial charge in [-0.2, -0.15) is 5.10 Å². The molecule has 1 aromatic heterocycles. The highest BCUT2D eigenvalue weighted by Gasteiger charge is 2.22. The lowest BCUT2D eigenvalue weighted by Gasteiger charge is -2.17. The Morgan fingerprint density at radius 1 is 1.15 bits per heavy atom. The average Bonchev–Trinajstić information content (AvgIpc) is 3.03. The lowest BCUT2D eigenvalue weighted by atomic mass is 10.1. The number of rotatable bonds is 5. The van der Waals surface area contributed by atoms with E-state index in [9.17, 15) is 14.9 Å². The molecular weight excluding hydrogens is 344 g/mol. The second-order valence-corrected chi connectivity index (χ2v) is 6.39. The van der Waals surface area contributed by atoms with E-state index in [0.29, 0.717) is 11.1 Å². The molecule has 0 saturated carbocycles. The van der Waals surface area contributed by atoms with Gasteiger partial charge in [0.05, 0.1) is 34.6 Å². The van der Waals surface area contributed by atoms with Crippen molar-refractivity contribution in [2.24, 2.45) is 0 Å². The molecule has 0 radical (unpaired) electrons. The molecule has 0 atom stereocenters. The summed E-state index contributed by atoms with van der Waals surface area (Å²) in [5, 5.41) is 15.5. The van der Waals surface area contributed by atoms with Gasteiger partial charge in [0.15, 0.2) is 0 Å². The van der Waals surface area contributed by atoms with E-state index in [-0.39, 0.29) is 18.1 Å². The predicted molar refractivity (Wildman–Crippen MR) is 102 cm³/mol. The van der Waals surface area contributed by atoms with Gasteiger partial charge in [-0.05, 0) is 25.5 Å². The number of benzene rings is 2. The maximum absolute atomic E-state index is 12.9. The van der Waals surface area contributed by atoms with Gasteiger partial charge in [0, 0.05) is 18.7 Å². The number of nitro benzene ring substituents is 1. The van der Waals surface area contributed by atoms with Gasteiger partial charge in [-0.25, -0.2) is 4.68 Å². The van der Waals surface area contributed by atoms with Crippen molar-refractivity contribution in [2.45, 2.75) is 20.4 Å². The minimum absolute atomic E-state index is 0.00415. The summed E-state index contributed by atoms with van der Waals surface area (Å²) < 4.78 is 1.74. The Kier molecular flexibility index (Phi) is 5.03. The molecule has 0 unspecified atom stereocenters. The summed E-state index contributed by atoms with van der Waals surface area (Å²) in [6.07, 6.45) is 1.54. The number of hydrogen-bond donors (Lipinski definition) is 0. The lowest BCUT2D eigenvalue weighted by Crippen LogP contribution is -2.27. The standard InChI is InChI=1S/C20H20N4O3/c1-14-8-4-6-10-18(14)23-15(2)17(12-21-23)20(25)22(3)13-16-9-5-7-11-19(16)24(26)27/h4-12H,13H2,1-3H3. The van der Waals surface area contributed by atoms with Crippen molar-refractivity contribution in [3.8, 4) is 5.69 Å². The number of nitro groups is 1. The highest BCUT2D eigenvalue weighted by molar-refractivity contribution is 5.95. The molecule has 0 aliphatic carbocycles. The molecule has 27 heavy (non-hydrogen) atoms. The van der Waals surface area contributed by atoms with Crippen LogP contribution in [0.5, 0.6) is 0 Å². The third-order valence-corrected chi connectivity index (χ3v) is 4.53. The van der Waals surface area contributed by atoms with E-state index in [1.54, 1.807) is 36.1 Å². The summed E-state index contributed by atoms with van der Waals surface area (Å²) >= 11 is 0. The fourth-order valence-electron chi connectivity index (χ4n) is 3.02. The molecule has 7 heteroatoms. The molecule has 1 heterocycles. The van der Waals surface area contributed by atoms with E-state index in [2.05, 4.69) is 5.10 Å². The van der Waals surface area contributed by atoms with Crippen molar-refractivity contribution in [3.63, 3.8) is 0 Å². The van der Waals surface area contributed by atoms with Gasteiger partial charge in [-0.1, -0.05) is 36.4 Å². The fourth-order valence-corrected chi connectivity index (χ4v) is 3.02. The molecule has 0 aliphatic heterocycles. The highest BCUT2D eigenvalue weighted by atomic mass is 16.6. The number of para-hydroxylation sites is 2. The number of carbonyl (C=O) groups is 1. The van der Waals surface area contributed by atoms with Gasteiger partial charge in [0.25, 0.3) is 11.6 Å². The molecule has 138 valence electrons. The summed E-state index contributed by atoms with van der Waals surface area (Å²) in [6, 6.07) is 14.2. The Labute approximate surface area is 157 Å². The van der Waals surface area contributed by atoms with E-state index in [1.165, 1.54) is 11.0 Å². The van der Waals surface area contributed by atoms with Crippen LogP contribution in [0.3, 0.4) is 0 Å². The number of carbonyl (C=O) groups excluding carboxylic acids is 1. The molecule has 2 aromatic carbocycles. The molecule has 3 rings (SSSR count). The first-order valence-electron chi connectivity index (χ1n) is 8.48. The number of hydrogen-bond acceptors (Lipinski definition) is 4. The van der Waals surface area contributed by atoms with Crippen LogP contribution in [0.25, 0.3) is 5.69 Å². The van der Waals surface area contributed by atoms with Crippen LogP contribution in [0.4, 0.5) is 5.69 Å². The monoisotopic (exact) mass is 364 g/mol. The van der Waals surface area contributed by atoms with Crippen molar-refractivity contribution in [2.75, 3.05) is 7.05 Å². The summed E-state index contributed by atoms with van der Waals surface area (Å²) in [5.74, 6) is -0.231. The van der Waals surface area contributed by atoms with Crippen molar-refractivity contribution in [1.82, 2.24) is 14.7 Å². The SMILES string of the molecule is Cc1ccccc1-n1ncc(C(=O)N(C)Cc2ccccc2[N+](=O)[O-])c1C. The molecule has 0 aliphatic rings. The van der Waals surface area contributed by atoms with Gasteiger partial charge < -0.3 is 4.90 Å². The zero-order valence-electron chi connectivity index (χ0n) is 15.4. The van der Waals surface area contributed by atoms with Crippen LogP contribution < -0.4 is 0 Å². The Bertz CT molecular complexity index is 1010. The second-order valence-electron chi connectivity index (χ2n) is 6.39. The van der Waals surface area contributed by atoms with E-state index in [1.807, 2.05) is 38.1 Å². The first-order valence-corrected chi connectivity index (χ1v) is 8.48. The smallest absolute Gasteiger partial charge is 0.274 e. The van der Waals surface area contributed by atoms with Gasteiger partial charge in [0.2, 0.25) is 0 Å². The van der Waals surface area contributed by atoms with Gasteiger partial charge in [-0.3, -0.25) is 14.9 Å². The van der Waals surface area contributed by atoms with Crippen LogP contribution in [-0.4, -0.2) is 32.6 Å². The zero-order valence-corrected chi connectivity index (χ0v) is 15.4. The minimum Gasteiger partial charge on any atom is -0.337 e. The van der Waals surface area contributed by atoms with Crippen LogP contribution in [0.15, 0.2) is 54.7 Å². The molecule has 0 bridgehead atoms. The third-order valence-electron chi connectivity index (χ3n) is 4.53. The van der Waals surface area contributed by atoms with Crippen molar-refractivity contribution in [3.05, 3.63) is 87.2 Å². The Balaban J connectivity index is 1.87. The third kappa shape index (κ3) is 3.57. The number of nitrogens with zero attached hydrogens (tertiary/aromatic N) is 4. The normalized spacial score (nSPS) is 10.6. The minimum atomic E-state index is -0.435. The highest BCUT2D eigenvalue weighted by Crippen LogP contribution is 2.22. The van der Waals surface area contributed by atoms with E-state index < -0.39 is 4.92 Å². The van der Waals surface area contributed by atoms with Crippen LogP contribution in [0.2, 0.25) is 0 Å². The van der Waals surface area contributed by atoms with Crippen molar-refractivity contribution in [1.29, 1.82) is 0 Å². The van der Waals surface area contributed by atoms with Crippen LogP contribution in [0.1, 0.15) is 27.2 Å². The fraction of sp³-hybridized carbons (Fsp3) is 0.200. The summed E-state index contributed by atoms with van der Waals surface area (Å²) in [5.41, 5.74) is 3.65. The Hall–Kier alpha value is -3.48. The number of amides is 1. The Morgan fingerprint density at radius 2 is 1.81 bits per heavy atom. The van der Waals surface area contributed by atoms with Crippen LogP contribution >= 0.6 is 0 Å². The molecule has 0 fully saturated rings. The topological polar surface area (TPSA) is 81.3 Å². The molecule has 0 saturated heterocycles. The maximum Gasteiger partial charge on any atom is 0.274 e. The zero-order chi connectivity index (χ0) is 19.6. The quantitative estimate of drug-likeness (QED) is 0.511. The average molecular weight is 364 g/mol. The molecule has 0 N–H and O–H groups in total. The molecule has 3 aromatic rings. The molecule has 7 nitrogen and oxygen atoms in total. The largest absolute Gasteiger partial charge is 0.337 e. The van der Waals surface area contributed by atoms with Crippen molar-refractivity contribution < 1.29 is 9.72 Å². The first-order chi connectivity index (χ1) is 12.9. The van der Waals surface area contributed by atoms with Crippen LogP contribution in [0, 0.1) is 24.0 Å². The first kappa shape index (κ1) is 18.3. The Morgan fingerprint density at radius 3 is 2.52 bits per heavy atom. The second kappa shape index (κ2) is 7.41. The van der Waals surface area contributed by atoms with E-state index in [0.717, 1.165) is 16.9 Å². The molecule has 0 spiro atoms. The van der Waals surface area contributed by atoms with Crippen molar-refractivity contribution >= 4 is 11.6 Å². The van der Waals surface area contributed by atoms with Gasteiger partial charge in [0.1, 0.15) is 0 Å². The summed E-state index contributed by atoms with van der Waals surface area (Å²) in [6.45, 7) is 3.97. The lowest BCUT2D eigenvalue weighted by molar-refractivity contribution is -0.385. The molecule has 1 amide bonds. The van der Waals surface area contributed by atoms with E-state index in [4.69, 9.17) is 0 Å². The van der Waals surface area contributed by atoms with Gasteiger partial charge in [-0.15, -0.1) is 0 Å². The predicted octanol–water partition coefficient (Wildman–Crippen LogP) is 3.67. The maximum atomic E-state index is 12.9.